The van der Waals surface area contributed by atoms with E-state index in [1.807, 2.05) is 71.7 Å². The van der Waals surface area contributed by atoms with Crippen LogP contribution in [0.4, 0.5) is 5.69 Å². The van der Waals surface area contributed by atoms with Gasteiger partial charge in [-0.2, -0.15) is 4.57 Å². The molecule has 1 amide bonds. The number of fused-ring (bicyclic) bond motifs is 6. The molecule has 6 aromatic rings. The highest BCUT2D eigenvalue weighted by Gasteiger charge is 2.14. The fourth-order valence-electron chi connectivity index (χ4n) is 4.91. The highest BCUT2D eigenvalue weighted by atomic mass is 16.2. The summed E-state index contributed by atoms with van der Waals surface area (Å²) >= 11 is 0. The number of hydrogen-bond donors (Lipinski definition) is 2. The highest BCUT2D eigenvalue weighted by molar-refractivity contribution is 6.12. The molecule has 0 aliphatic carbocycles. The van der Waals surface area contributed by atoms with Crippen LogP contribution in [0.15, 0.2) is 90.1 Å². The summed E-state index contributed by atoms with van der Waals surface area (Å²) in [5, 5.41) is 6.56. The Labute approximate surface area is 201 Å². The van der Waals surface area contributed by atoms with Crippen LogP contribution in [0.25, 0.3) is 38.1 Å². The molecule has 0 spiro atoms. The number of amides is 1. The Morgan fingerprint density at radius 3 is 2.77 bits per heavy atom. The first-order chi connectivity index (χ1) is 17.1. The summed E-state index contributed by atoms with van der Waals surface area (Å²) in [4.78, 5) is 29.6. The first kappa shape index (κ1) is 21.1. The van der Waals surface area contributed by atoms with Crippen molar-refractivity contribution in [3.05, 3.63) is 101 Å². The molecule has 4 heterocycles. The fourth-order valence-corrected chi connectivity index (χ4v) is 4.91. The highest BCUT2D eigenvalue weighted by Crippen LogP contribution is 2.29. The monoisotopic (exact) mass is 461 g/mol. The quantitative estimate of drug-likeness (QED) is 0.281. The summed E-state index contributed by atoms with van der Waals surface area (Å²) in [6, 6.07) is 21.7. The minimum absolute atomic E-state index is 0.115. The van der Waals surface area contributed by atoms with E-state index in [-0.39, 0.29) is 18.0 Å². The smallest absolute Gasteiger partial charge is 0.290 e. The van der Waals surface area contributed by atoms with Crippen LogP contribution in [0, 0.1) is 0 Å². The molecule has 0 fully saturated rings. The molecule has 172 valence electrons. The van der Waals surface area contributed by atoms with Crippen LogP contribution in [0.5, 0.6) is 0 Å². The van der Waals surface area contributed by atoms with E-state index in [1.165, 1.54) is 5.56 Å². The molecule has 0 bridgehead atoms. The molecule has 4 aromatic heterocycles. The molecule has 0 unspecified atom stereocenters. The number of nitrogens with one attached hydrogen (secondary N) is 2. The average molecular weight is 462 g/mol. The van der Waals surface area contributed by atoms with Crippen LogP contribution in [0.1, 0.15) is 18.9 Å². The maximum absolute atomic E-state index is 13.4. The Hall–Kier alpha value is -4.45. The Morgan fingerprint density at radius 1 is 1.00 bits per heavy atom. The van der Waals surface area contributed by atoms with Gasteiger partial charge in [-0.05, 0) is 48.2 Å². The van der Waals surface area contributed by atoms with E-state index < -0.39 is 0 Å². The average Bonchev–Trinajstić information content (AvgIpc) is 3.24. The van der Waals surface area contributed by atoms with E-state index >= 15 is 0 Å². The van der Waals surface area contributed by atoms with Crippen LogP contribution in [0.2, 0.25) is 0 Å². The van der Waals surface area contributed by atoms with Crippen molar-refractivity contribution >= 4 is 49.7 Å². The maximum atomic E-state index is 13.4. The van der Waals surface area contributed by atoms with Crippen molar-refractivity contribution in [3.8, 4) is 0 Å². The number of hydrogen-bond acceptors (Lipinski definition) is 2. The predicted molar refractivity (Wildman–Crippen MR) is 140 cm³/mol. The summed E-state index contributed by atoms with van der Waals surface area (Å²) in [6.45, 7) is 2.35. The standard InChI is InChI=1S/C29H24N4O2/c1-2-6-19-7-5-13-32(17-19)18-27(34)30-21-11-10-20-15-26-28-23(22-8-3-4-9-25(22)31-28)12-14-33(26)29(35)24(20)16-21/h3-5,7-17H,2,6,18H2,1H3,(H-,30,31,34,35)/p+1. The van der Waals surface area contributed by atoms with Crippen molar-refractivity contribution in [3.63, 3.8) is 0 Å². The molecule has 0 aliphatic rings. The van der Waals surface area contributed by atoms with Gasteiger partial charge in [0.15, 0.2) is 12.4 Å². The second kappa shape index (κ2) is 8.40. The van der Waals surface area contributed by atoms with E-state index in [4.69, 9.17) is 0 Å². The van der Waals surface area contributed by atoms with Gasteiger partial charge >= 0.3 is 0 Å². The summed E-state index contributed by atoms with van der Waals surface area (Å²) in [5.41, 5.74) is 4.51. The Balaban J connectivity index is 1.36. The van der Waals surface area contributed by atoms with Crippen molar-refractivity contribution < 1.29 is 9.36 Å². The number of carbonyl (C=O) groups excluding carboxylic acids is 1. The third-order valence-electron chi connectivity index (χ3n) is 6.52. The van der Waals surface area contributed by atoms with Crippen molar-refractivity contribution in [2.24, 2.45) is 0 Å². The zero-order chi connectivity index (χ0) is 23.9. The first-order valence-corrected chi connectivity index (χ1v) is 11.9. The fraction of sp³-hybridized carbons (Fsp3) is 0.138. The zero-order valence-corrected chi connectivity index (χ0v) is 19.4. The molecule has 35 heavy (non-hydrogen) atoms. The van der Waals surface area contributed by atoms with E-state index in [9.17, 15) is 9.59 Å². The Morgan fingerprint density at radius 2 is 1.89 bits per heavy atom. The summed E-state index contributed by atoms with van der Waals surface area (Å²) in [6.07, 6.45) is 7.76. The number of benzene rings is 2. The molecule has 0 radical (unpaired) electrons. The number of nitrogens with zero attached hydrogens (tertiary/aromatic N) is 2. The molecule has 0 aliphatic heterocycles. The number of anilines is 1. The lowest BCUT2D eigenvalue weighted by molar-refractivity contribution is -0.684. The topological polar surface area (TPSA) is 70.2 Å². The minimum Gasteiger partial charge on any atom is -0.353 e. The number of aromatic nitrogens is 3. The normalized spacial score (nSPS) is 11.6. The lowest BCUT2D eigenvalue weighted by atomic mass is 10.1. The largest absolute Gasteiger partial charge is 0.353 e. The number of aryl methyl sites for hydroxylation is 1. The summed E-state index contributed by atoms with van der Waals surface area (Å²) in [7, 11) is 0. The van der Waals surface area contributed by atoms with Crippen LogP contribution >= 0.6 is 0 Å². The van der Waals surface area contributed by atoms with Gasteiger partial charge in [0.1, 0.15) is 0 Å². The van der Waals surface area contributed by atoms with Gasteiger partial charge in [0.25, 0.3) is 11.5 Å². The van der Waals surface area contributed by atoms with Crippen molar-refractivity contribution in [2.45, 2.75) is 26.3 Å². The van der Waals surface area contributed by atoms with Gasteiger partial charge in [-0.25, -0.2) is 0 Å². The van der Waals surface area contributed by atoms with E-state index in [0.29, 0.717) is 11.1 Å². The van der Waals surface area contributed by atoms with Gasteiger partial charge in [-0.15, -0.1) is 0 Å². The van der Waals surface area contributed by atoms with Gasteiger partial charge in [-0.1, -0.05) is 37.6 Å². The Bertz CT molecular complexity index is 1810. The van der Waals surface area contributed by atoms with E-state index in [1.54, 1.807) is 10.5 Å². The third-order valence-corrected chi connectivity index (χ3v) is 6.52. The molecule has 6 rings (SSSR count). The lowest BCUT2D eigenvalue weighted by Gasteiger charge is -2.08. The first-order valence-electron chi connectivity index (χ1n) is 11.9. The summed E-state index contributed by atoms with van der Waals surface area (Å²) < 4.78 is 3.55. The second-order valence-electron chi connectivity index (χ2n) is 8.96. The maximum Gasteiger partial charge on any atom is 0.290 e. The van der Waals surface area contributed by atoms with Gasteiger partial charge in [0, 0.05) is 45.2 Å². The second-order valence-corrected chi connectivity index (χ2v) is 8.96. The van der Waals surface area contributed by atoms with Crippen LogP contribution < -0.4 is 15.4 Å². The Kier molecular flexibility index (Phi) is 5.07. The molecule has 2 aromatic carbocycles. The zero-order valence-electron chi connectivity index (χ0n) is 19.4. The van der Waals surface area contributed by atoms with Crippen molar-refractivity contribution in [1.82, 2.24) is 9.38 Å². The molecule has 6 nitrogen and oxygen atoms in total. The van der Waals surface area contributed by atoms with E-state index in [2.05, 4.69) is 29.4 Å². The number of H-pyrrole nitrogens is 1. The number of pyridine rings is 3. The van der Waals surface area contributed by atoms with Gasteiger partial charge < -0.3 is 10.3 Å². The SMILES string of the molecule is CCCc1ccc[n+](CC(=O)Nc2ccc3cc4c5[nH]c6ccccc6c5ccn4c(=O)c3c2)c1. The molecular weight excluding hydrogens is 436 g/mol. The number of para-hydroxylation sites is 1. The van der Waals surface area contributed by atoms with Crippen LogP contribution in [0.3, 0.4) is 0 Å². The van der Waals surface area contributed by atoms with Gasteiger partial charge in [0.2, 0.25) is 6.54 Å². The predicted octanol–water partition coefficient (Wildman–Crippen LogP) is 4.97. The lowest BCUT2D eigenvalue weighted by Crippen LogP contribution is -2.40. The van der Waals surface area contributed by atoms with Crippen molar-refractivity contribution in [1.29, 1.82) is 0 Å². The molecule has 2 N–H and O–H groups in total. The number of carbonyl (C=O) groups is 1. The van der Waals surface area contributed by atoms with Crippen LogP contribution in [-0.2, 0) is 17.8 Å². The summed E-state index contributed by atoms with van der Waals surface area (Å²) in [5.74, 6) is -0.135. The van der Waals surface area contributed by atoms with Crippen LogP contribution in [-0.4, -0.2) is 15.3 Å². The molecule has 0 atom stereocenters. The van der Waals surface area contributed by atoms with E-state index in [0.717, 1.165) is 45.6 Å². The molecular formula is C29H25N4O2+. The number of rotatable bonds is 5. The van der Waals surface area contributed by atoms with Crippen molar-refractivity contribution in [2.75, 3.05) is 5.32 Å². The number of aromatic amines is 1. The van der Waals surface area contributed by atoms with Gasteiger partial charge in [0.05, 0.1) is 11.0 Å². The van der Waals surface area contributed by atoms with Gasteiger partial charge in [-0.3, -0.25) is 14.0 Å². The third kappa shape index (κ3) is 3.73. The molecule has 0 saturated carbocycles. The minimum atomic E-state index is -0.135. The molecule has 0 saturated heterocycles. The molecule has 6 heteroatoms.